The summed E-state index contributed by atoms with van der Waals surface area (Å²) in [4.78, 5) is 0. The molecule has 0 saturated carbocycles. The van der Waals surface area contributed by atoms with E-state index in [0.29, 0.717) is 0 Å². The number of aliphatic hydroxyl groups excluding tert-OH is 1. The third-order valence-electron chi connectivity index (χ3n) is 1.56. The van der Waals surface area contributed by atoms with Crippen LogP contribution >= 0.6 is 0 Å². The van der Waals surface area contributed by atoms with Crippen molar-refractivity contribution >= 4 is 0 Å². The minimum Gasteiger partial charge on any atom is -0.382 e. The SMILES string of the molecule is CCCCCCCCN.NCO. The van der Waals surface area contributed by atoms with Gasteiger partial charge < -0.3 is 16.6 Å². The van der Waals surface area contributed by atoms with Crippen LogP contribution in [0.3, 0.4) is 0 Å². The molecular weight excluding hydrogens is 152 g/mol. The average molecular weight is 176 g/mol. The minimum absolute atomic E-state index is 0.250. The van der Waals surface area contributed by atoms with Crippen LogP contribution in [0, 0.1) is 0 Å². The summed E-state index contributed by atoms with van der Waals surface area (Å²) in [5, 5.41) is 7.35. The van der Waals surface area contributed by atoms with Crippen LogP contribution in [0.1, 0.15) is 45.4 Å². The Kier molecular flexibility index (Phi) is 20.5. The van der Waals surface area contributed by atoms with E-state index in [0.717, 1.165) is 6.54 Å². The predicted molar refractivity (Wildman–Crippen MR) is 53.7 cm³/mol. The highest BCUT2D eigenvalue weighted by Gasteiger charge is 1.85. The van der Waals surface area contributed by atoms with Gasteiger partial charge in [0.2, 0.25) is 0 Å². The summed E-state index contributed by atoms with van der Waals surface area (Å²) >= 11 is 0. The van der Waals surface area contributed by atoms with E-state index >= 15 is 0 Å². The normalized spacial score (nSPS) is 9.00. The quantitative estimate of drug-likeness (QED) is 0.420. The monoisotopic (exact) mass is 176 g/mol. The van der Waals surface area contributed by atoms with Crippen LogP contribution in [-0.2, 0) is 0 Å². The van der Waals surface area contributed by atoms with Crippen molar-refractivity contribution in [2.24, 2.45) is 11.5 Å². The van der Waals surface area contributed by atoms with Gasteiger partial charge in [0.1, 0.15) is 0 Å². The zero-order valence-electron chi connectivity index (χ0n) is 8.26. The van der Waals surface area contributed by atoms with Crippen LogP contribution in [0.4, 0.5) is 0 Å². The fraction of sp³-hybridized carbons (Fsp3) is 1.00. The Morgan fingerprint density at radius 1 is 0.917 bits per heavy atom. The molecule has 5 N–H and O–H groups in total. The Labute approximate surface area is 76.1 Å². The summed E-state index contributed by atoms with van der Waals surface area (Å²) in [5.74, 6) is 0. The van der Waals surface area contributed by atoms with Crippen LogP contribution in [0.5, 0.6) is 0 Å². The molecule has 0 rings (SSSR count). The summed E-state index contributed by atoms with van der Waals surface area (Å²) in [5.41, 5.74) is 9.75. The average Bonchev–Trinajstić information content (AvgIpc) is 2.06. The molecular formula is C9H24N2O. The van der Waals surface area contributed by atoms with Crippen LogP contribution in [0.25, 0.3) is 0 Å². The minimum atomic E-state index is -0.250. The van der Waals surface area contributed by atoms with E-state index in [1.165, 1.54) is 38.5 Å². The molecule has 0 amide bonds. The third-order valence-corrected chi connectivity index (χ3v) is 1.56. The maximum Gasteiger partial charge on any atom is 0.0906 e. The molecule has 3 heteroatoms. The van der Waals surface area contributed by atoms with Crippen LogP contribution in [-0.4, -0.2) is 18.4 Å². The fourth-order valence-corrected chi connectivity index (χ4v) is 0.925. The first-order chi connectivity index (χ1) is 5.83. The molecule has 0 bridgehead atoms. The second kappa shape index (κ2) is 17.1. The lowest BCUT2D eigenvalue weighted by Gasteiger charge is -1.96. The van der Waals surface area contributed by atoms with E-state index in [1.54, 1.807) is 0 Å². The van der Waals surface area contributed by atoms with E-state index < -0.39 is 0 Å². The summed E-state index contributed by atoms with van der Waals surface area (Å²) in [6.45, 7) is 2.86. The molecule has 76 valence electrons. The molecule has 0 radical (unpaired) electrons. The van der Waals surface area contributed by atoms with Crippen molar-refractivity contribution in [3.8, 4) is 0 Å². The highest BCUT2D eigenvalue weighted by molar-refractivity contribution is 4.43. The van der Waals surface area contributed by atoms with Gasteiger partial charge in [-0.25, -0.2) is 0 Å². The van der Waals surface area contributed by atoms with Crippen molar-refractivity contribution in [1.82, 2.24) is 0 Å². The summed E-state index contributed by atoms with van der Waals surface area (Å²) in [6.07, 6.45) is 8.05. The van der Waals surface area contributed by atoms with Gasteiger partial charge in [-0.2, -0.15) is 0 Å². The Bertz CT molecular complexity index is 54.5. The van der Waals surface area contributed by atoms with Gasteiger partial charge in [-0.05, 0) is 13.0 Å². The number of rotatable bonds is 6. The lowest BCUT2D eigenvalue weighted by atomic mass is 10.1. The molecule has 0 fully saturated rings. The zero-order valence-corrected chi connectivity index (χ0v) is 8.26. The molecule has 0 heterocycles. The Hall–Kier alpha value is -0.120. The summed E-state index contributed by atoms with van der Waals surface area (Å²) < 4.78 is 0. The van der Waals surface area contributed by atoms with Gasteiger partial charge in [0.25, 0.3) is 0 Å². The molecule has 0 aromatic heterocycles. The number of hydrogen-bond donors (Lipinski definition) is 3. The van der Waals surface area contributed by atoms with Gasteiger partial charge in [-0.3, -0.25) is 0 Å². The summed E-state index contributed by atoms with van der Waals surface area (Å²) in [7, 11) is 0. The molecule has 0 aliphatic carbocycles. The predicted octanol–water partition coefficient (Wildman–Crippen LogP) is 1.20. The zero-order chi connectivity index (χ0) is 9.66. The molecule has 0 atom stereocenters. The number of hydrogen-bond acceptors (Lipinski definition) is 3. The second-order valence-electron chi connectivity index (χ2n) is 2.74. The van der Waals surface area contributed by atoms with Gasteiger partial charge >= 0.3 is 0 Å². The van der Waals surface area contributed by atoms with Gasteiger partial charge in [0.05, 0.1) is 6.73 Å². The van der Waals surface area contributed by atoms with Crippen LogP contribution in [0.15, 0.2) is 0 Å². The third kappa shape index (κ3) is 22.5. The standard InChI is InChI=1S/C8H19N.CH5NO/c1-2-3-4-5-6-7-8-9;2-1-3/h2-9H2,1H3;3H,1-2H2. The Balaban J connectivity index is 0. The molecule has 0 aliphatic heterocycles. The highest BCUT2D eigenvalue weighted by Crippen LogP contribution is 2.03. The van der Waals surface area contributed by atoms with Crippen molar-refractivity contribution < 1.29 is 5.11 Å². The van der Waals surface area contributed by atoms with Gasteiger partial charge in [-0.1, -0.05) is 39.0 Å². The molecule has 3 nitrogen and oxygen atoms in total. The van der Waals surface area contributed by atoms with Crippen molar-refractivity contribution in [1.29, 1.82) is 0 Å². The first-order valence-electron chi connectivity index (χ1n) is 4.84. The van der Waals surface area contributed by atoms with E-state index in [1.807, 2.05) is 0 Å². The molecule has 0 aromatic carbocycles. The van der Waals surface area contributed by atoms with Crippen molar-refractivity contribution in [2.75, 3.05) is 13.3 Å². The maximum absolute atomic E-state index is 7.35. The molecule has 0 unspecified atom stereocenters. The molecule has 0 saturated heterocycles. The van der Waals surface area contributed by atoms with Crippen molar-refractivity contribution in [2.45, 2.75) is 45.4 Å². The lowest BCUT2D eigenvalue weighted by molar-refractivity contribution is 0.307. The number of aliphatic hydroxyl groups is 1. The number of nitrogens with two attached hydrogens (primary N) is 2. The maximum atomic E-state index is 7.35. The van der Waals surface area contributed by atoms with Crippen molar-refractivity contribution in [3.05, 3.63) is 0 Å². The van der Waals surface area contributed by atoms with Crippen LogP contribution in [0.2, 0.25) is 0 Å². The topological polar surface area (TPSA) is 72.3 Å². The second-order valence-corrected chi connectivity index (χ2v) is 2.74. The highest BCUT2D eigenvalue weighted by atomic mass is 16.3. The first kappa shape index (κ1) is 14.4. The van der Waals surface area contributed by atoms with E-state index in [2.05, 4.69) is 12.7 Å². The van der Waals surface area contributed by atoms with Crippen LogP contribution < -0.4 is 11.5 Å². The number of unbranched alkanes of at least 4 members (excludes halogenated alkanes) is 5. The Morgan fingerprint density at radius 2 is 1.33 bits per heavy atom. The summed E-state index contributed by atoms with van der Waals surface area (Å²) in [6, 6.07) is 0. The van der Waals surface area contributed by atoms with E-state index in [9.17, 15) is 0 Å². The van der Waals surface area contributed by atoms with Crippen molar-refractivity contribution in [3.63, 3.8) is 0 Å². The van der Waals surface area contributed by atoms with Gasteiger partial charge in [0.15, 0.2) is 0 Å². The fourth-order valence-electron chi connectivity index (χ4n) is 0.925. The molecule has 12 heavy (non-hydrogen) atoms. The van der Waals surface area contributed by atoms with E-state index in [4.69, 9.17) is 10.8 Å². The first-order valence-corrected chi connectivity index (χ1v) is 4.84. The smallest absolute Gasteiger partial charge is 0.0906 e. The molecule has 0 aromatic rings. The Morgan fingerprint density at radius 3 is 1.75 bits per heavy atom. The van der Waals surface area contributed by atoms with Gasteiger partial charge in [0, 0.05) is 0 Å². The molecule has 0 aliphatic rings. The molecule has 0 spiro atoms. The van der Waals surface area contributed by atoms with E-state index in [-0.39, 0.29) is 6.73 Å². The lowest BCUT2D eigenvalue weighted by Crippen LogP contribution is -1.97. The van der Waals surface area contributed by atoms with Gasteiger partial charge in [-0.15, -0.1) is 0 Å². The largest absolute Gasteiger partial charge is 0.382 e.